The smallest absolute Gasteiger partial charge is 0.223 e. The fraction of sp³-hybridized carbons (Fsp3) is 0.923. The standard InChI is InChI=1S/C13H24N2O2.ClH/c1-10-11(2)15(6-5-14-10)13(16)9-12-3-7-17-8-4-12;/h10-12,14H,3-9H2,1-2H3;1H. The van der Waals surface area contributed by atoms with Gasteiger partial charge < -0.3 is 15.0 Å². The largest absolute Gasteiger partial charge is 0.381 e. The summed E-state index contributed by atoms with van der Waals surface area (Å²) < 4.78 is 5.33. The molecule has 0 bridgehead atoms. The molecule has 2 atom stereocenters. The van der Waals surface area contributed by atoms with Crippen molar-refractivity contribution in [2.75, 3.05) is 26.3 Å². The van der Waals surface area contributed by atoms with E-state index < -0.39 is 0 Å². The Bertz CT molecular complexity index is 270. The van der Waals surface area contributed by atoms with Gasteiger partial charge in [0.25, 0.3) is 0 Å². The predicted molar refractivity (Wildman–Crippen MR) is 74.0 cm³/mol. The summed E-state index contributed by atoms with van der Waals surface area (Å²) in [5.41, 5.74) is 0. The predicted octanol–water partition coefficient (Wildman–Crippen LogP) is 1.43. The van der Waals surface area contributed by atoms with Gasteiger partial charge in [-0.05, 0) is 32.6 Å². The van der Waals surface area contributed by atoms with E-state index in [9.17, 15) is 4.79 Å². The third-order valence-electron chi connectivity index (χ3n) is 4.16. The molecule has 0 aromatic rings. The average Bonchev–Trinajstić information content (AvgIpc) is 2.34. The van der Waals surface area contributed by atoms with E-state index in [1.54, 1.807) is 0 Å². The van der Waals surface area contributed by atoms with Crippen molar-refractivity contribution in [2.24, 2.45) is 5.92 Å². The molecular weight excluding hydrogens is 252 g/mol. The number of piperazine rings is 1. The van der Waals surface area contributed by atoms with E-state index in [1.807, 2.05) is 0 Å². The summed E-state index contributed by atoms with van der Waals surface area (Å²) in [4.78, 5) is 14.3. The molecule has 2 rings (SSSR count). The highest BCUT2D eigenvalue weighted by Crippen LogP contribution is 2.21. The molecule has 0 aromatic heterocycles. The quantitative estimate of drug-likeness (QED) is 0.830. The Morgan fingerprint density at radius 1 is 1.33 bits per heavy atom. The number of carbonyl (C=O) groups excluding carboxylic acids is 1. The minimum atomic E-state index is 0. The first-order chi connectivity index (χ1) is 8.18. The van der Waals surface area contributed by atoms with Crippen LogP contribution in [0.2, 0.25) is 0 Å². The van der Waals surface area contributed by atoms with Crippen LogP contribution in [0, 0.1) is 5.92 Å². The van der Waals surface area contributed by atoms with Crippen LogP contribution in [0.1, 0.15) is 33.1 Å². The number of carbonyl (C=O) groups is 1. The minimum Gasteiger partial charge on any atom is -0.381 e. The van der Waals surface area contributed by atoms with E-state index >= 15 is 0 Å². The monoisotopic (exact) mass is 276 g/mol. The minimum absolute atomic E-state index is 0. The van der Waals surface area contributed by atoms with Crippen LogP contribution >= 0.6 is 12.4 Å². The average molecular weight is 277 g/mol. The molecule has 0 saturated carbocycles. The zero-order valence-electron chi connectivity index (χ0n) is 11.4. The van der Waals surface area contributed by atoms with Crippen molar-refractivity contribution in [3.8, 4) is 0 Å². The Morgan fingerprint density at radius 2 is 2.00 bits per heavy atom. The van der Waals surface area contributed by atoms with Gasteiger partial charge in [0.2, 0.25) is 5.91 Å². The summed E-state index contributed by atoms with van der Waals surface area (Å²) >= 11 is 0. The molecule has 1 N–H and O–H groups in total. The first kappa shape index (κ1) is 15.7. The lowest BCUT2D eigenvalue weighted by Gasteiger charge is -2.39. The molecule has 0 aliphatic carbocycles. The molecule has 0 spiro atoms. The number of nitrogens with zero attached hydrogens (tertiary/aromatic N) is 1. The van der Waals surface area contributed by atoms with Gasteiger partial charge in [0, 0.05) is 44.8 Å². The van der Waals surface area contributed by atoms with Gasteiger partial charge >= 0.3 is 0 Å². The lowest BCUT2D eigenvalue weighted by atomic mass is 9.95. The van der Waals surface area contributed by atoms with Crippen LogP contribution in [-0.4, -0.2) is 49.2 Å². The van der Waals surface area contributed by atoms with Crippen LogP contribution in [0.3, 0.4) is 0 Å². The molecule has 2 saturated heterocycles. The van der Waals surface area contributed by atoms with Gasteiger partial charge in [-0.3, -0.25) is 4.79 Å². The van der Waals surface area contributed by atoms with E-state index in [1.165, 1.54) is 0 Å². The highest BCUT2D eigenvalue weighted by molar-refractivity contribution is 5.85. The van der Waals surface area contributed by atoms with Gasteiger partial charge in [0.05, 0.1) is 0 Å². The van der Waals surface area contributed by atoms with Crippen molar-refractivity contribution in [1.29, 1.82) is 0 Å². The first-order valence-electron chi connectivity index (χ1n) is 6.79. The number of ether oxygens (including phenoxy) is 1. The van der Waals surface area contributed by atoms with Crippen molar-refractivity contribution in [2.45, 2.75) is 45.2 Å². The van der Waals surface area contributed by atoms with E-state index in [0.717, 1.165) is 39.1 Å². The molecule has 18 heavy (non-hydrogen) atoms. The maximum absolute atomic E-state index is 12.3. The Hall–Kier alpha value is -0.320. The highest BCUT2D eigenvalue weighted by Gasteiger charge is 2.29. The SMILES string of the molecule is CC1NCCN(C(=O)CC2CCOCC2)C1C.Cl. The van der Waals surface area contributed by atoms with Crippen LogP contribution in [-0.2, 0) is 9.53 Å². The molecular formula is C13H25ClN2O2. The Morgan fingerprint density at radius 3 is 2.67 bits per heavy atom. The van der Waals surface area contributed by atoms with Crippen molar-refractivity contribution >= 4 is 18.3 Å². The number of nitrogens with one attached hydrogen (secondary N) is 1. The summed E-state index contributed by atoms with van der Waals surface area (Å²) in [5, 5.41) is 3.41. The third kappa shape index (κ3) is 3.84. The highest BCUT2D eigenvalue weighted by atomic mass is 35.5. The first-order valence-corrected chi connectivity index (χ1v) is 6.79. The molecule has 2 unspecified atom stereocenters. The van der Waals surface area contributed by atoms with Gasteiger partial charge in [-0.25, -0.2) is 0 Å². The van der Waals surface area contributed by atoms with E-state index in [4.69, 9.17) is 4.74 Å². The van der Waals surface area contributed by atoms with E-state index in [2.05, 4.69) is 24.1 Å². The number of hydrogen-bond acceptors (Lipinski definition) is 3. The Balaban J connectivity index is 0.00000162. The number of amides is 1. The molecule has 2 aliphatic heterocycles. The summed E-state index contributed by atoms with van der Waals surface area (Å²) in [6, 6.07) is 0.721. The number of halogens is 1. The zero-order valence-corrected chi connectivity index (χ0v) is 12.2. The molecule has 2 fully saturated rings. The Kier molecular flexibility index (Phi) is 6.39. The number of hydrogen-bond donors (Lipinski definition) is 1. The second-order valence-corrected chi connectivity index (χ2v) is 5.33. The molecule has 0 radical (unpaired) electrons. The van der Waals surface area contributed by atoms with Gasteiger partial charge in [-0.2, -0.15) is 0 Å². The maximum Gasteiger partial charge on any atom is 0.223 e. The fourth-order valence-electron chi connectivity index (χ4n) is 2.72. The van der Waals surface area contributed by atoms with Gasteiger partial charge in [-0.1, -0.05) is 0 Å². The van der Waals surface area contributed by atoms with Crippen LogP contribution in [0.5, 0.6) is 0 Å². The topological polar surface area (TPSA) is 41.6 Å². The fourth-order valence-corrected chi connectivity index (χ4v) is 2.72. The van der Waals surface area contributed by atoms with Gasteiger partial charge in [0.1, 0.15) is 0 Å². The second kappa shape index (κ2) is 7.31. The van der Waals surface area contributed by atoms with Crippen LogP contribution in [0.25, 0.3) is 0 Å². The van der Waals surface area contributed by atoms with Crippen LogP contribution in [0.4, 0.5) is 0 Å². The zero-order chi connectivity index (χ0) is 12.3. The van der Waals surface area contributed by atoms with Crippen molar-refractivity contribution in [3.63, 3.8) is 0 Å². The molecule has 5 heteroatoms. The maximum atomic E-state index is 12.3. The van der Waals surface area contributed by atoms with Crippen molar-refractivity contribution < 1.29 is 9.53 Å². The molecule has 2 aliphatic rings. The second-order valence-electron chi connectivity index (χ2n) is 5.33. The van der Waals surface area contributed by atoms with Crippen LogP contribution < -0.4 is 5.32 Å². The third-order valence-corrected chi connectivity index (χ3v) is 4.16. The summed E-state index contributed by atoms with van der Waals surface area (Å²) in [6.45, 7) is 7.72. The summed E-state index contributed by atoms with van der Waals surface area (Å²) in [5.74, 6) is 0.867. The van der Waals surface area contributed by atoms with Crippen LogP contribution in [0.15, 0.2) is 0 Å². The number of rotatable bonds is 2. The van der Waals surface area contributed by atoms with E-state index in [0.29, 0.717) is 30.3 Å². The summed E-state index contributed by atoms with van der Waals surface area (Å²) in [7, 11) is 0. The van der Waals surface area contributed by atoms with Crippen molar-refractivity contribution in [3.05, 3.63) is 0 Å². The molecule has 4 nitrogen and oxygen atoms in total. The molecule has 1 amide bonds. The lowest BCUT2D eigenvalue weighted by Crippen LogP contribution is -2.57. The Labute approximate surface area is 116 Å². The van der Waals surface area contributed by atoms with Gasteiger partial charge in [-0.15, -0.1) is 12.4 Å². The van der Waals surface area contributed by atoms with Crippen molar-refractivity contribution in [1.82, 2.24) is 10.2 Å². The lowest BCUT2D eigenvalue weighted by molar-refractivity contribution is -0.136. The summed E-state index contributed by atoms with van der Waals surface area (Å²) in [6.07, 6.45) is 2.80. The molecule has 2 heterocycles. The normalized spacial score (nSPS) is 29.8. The molecule has 106 valence electrons. The van der Waals surface area contributed by atoms with E-state index in [-0.39, 0.29) is 12.4 Å². The molecule has 0 aromatic carbocycles. The van der Waals surface area contributed by atoms with Gasteiger partial charge in [0.15, 0.2) is 0 Å².